The van der Waals surface area contributed by atoms with E-state index in [1.807, 2.05) is 6.92 Å². The second-order valence-electron chi connectivity index (χ2n) is 4.46. The molecular formula is C12H17NO5S. The second kappa shape index (κ2) is 6.14. The Morgan fingerprint density at radius 1 is 1.37 bits per heavy atom. The molecule has 0 radical (unpaired) electrons. The molecule has 1 aromatic rings. The zero-order valence-electron chi connectivity index (χ0n) is 10.5. The molecule has 0 bridgehead atoms. The van der Waals surface area contributed by atoms with Gasteiger partial charge in [0.2, 0.25) is 0 Å². The predicted molar refractivity (Wildman–Crippen MR) is 70.6 cm³/mol. The fourth-order valence-corrected chi connectivity index (χ4v) is 2.23. The van der Waals surface area contributed by atoms with Gasteiger partial charge in [0.1, 0.15) is 6.04 Å². The van der Waals surface area contributed by atoms with Crippen molar-refractivity contribution in [3.8, 4) is 0 Å². The number of hydrogen-bond donors (Lipinski definition) is 3. The van der Waals surface area contributed by atoms with Gasteiger partial charge in [0, 0.05) is 0 Å². The SMILES string of the molecule is Cc1ccc(CCS(=O)(=O)O)c(C[C@H](N)C(=O)O)c1. The maximum Gasteiger partial charge on any atom is 0.320 e. The van der Waals surface area contributed by atoms with Gasteiger partial charge in [0.05, 0.1) is 5.75 Å². The maximum atomic E-state index is 10.8. The van der Waals surface area contributed by atoms with Crippen molar-refractivity contribution in [2.45, 2.75) is 25.8 Å². The van der Waals surface area contributed by atoms with Crippen LogP contribution >= 0.6 is 0 Å². The summed E-state index contributed by atoms with van der Waals surface area (Å²) in [7, 11) is -4.04. The molecule has 0 aromatic heterocycles. The third-order valence-corrected chi connectivity index (χ3v) is 3.47. The Bertz CT molecular complexity index is 567. The molecule has 0 saturated heterocycles. The lowest BCUT2D eigenvalue weighted by molar-refractivity contribution is -0.138. The van der Waals surface area contributed by atoms with E-state index in [-0.39, 0.29) is 12.8 Å². The molecule has 106 valence electrons. The number of aliphatic carboxylic acids is 1. The first-order valence-corrected chi connectivity index (χ1v) is 7.32. The van der Waals surface area contributed by atoms with E-state index >= 15 is 0 Å². The molecule has 1 aromatic carbocycles. The van der Waals surface area contributed by atoms with E-state index < -0.39 is 27.9 Å². The number of rotatable bonds is 6. The van der Waals surface area contributed by atoms with Crippen molar-refractivity contribution < 1.29 is 22.9 Å². The first kappa shape index (κ1) is 15.6. The second-order valence-corrected chi connectivity index (χ2v) is 6.03. The van der Waals surface area contributed by atoms with Gasteiger partial charge in [-0.3, -0.25) is 9.35 Å². The minimum Gasteiger partial charge on any atom is -0.480 e. The van der Waals surface area contributed by atoms with Crippen LogP contribution in [-0.2, 0) is 27.8 Å². The van der Waals surface area contributed by atoms with Crippen LogP contribution in [-0.4, -0.2) is 35.8 Å². The Balaban J connectivity index is 2.94. The first-order chi connectivity index (χ1) is 8.69. The van der Waals surface area contributed by atoms with Crippen LogP contribution in [0.25, 0.3) is 0 Å². The van der Waals surface area contributed by atoms with E-state index in [2.05, 4.69) is 0 Å². The highest BCUT2D eigenvalue weighted by atomic mass is 32.2. The molecule has 0 heterocycles. The maximum absolute atomic E-state index is 10.8. The van der Waals surface area contributed by atoms with Crippen LogP contribution in [0.4, 0.5) is 0 Å². The zero-order valence-corrected chi connectivity index (χ0v) is 11.4. The van der Waals surface area contributed by atoms with Crippen molar-refractivity contribution in [2.24, 2.45) is 5.73 Å². The summed E-state index contributed by atoms with van der Waals surface area (Å²) in [6, 6.07) is 4.27. The van der Waals surface area contributed by atoms with Gasteiger partial charge in [-0.2, -0.15) is 8.42 Å². The molecule has 1 rings (SSSR count). The fourth-order valence-electron chi connectivity index (χ4n) is 1.75. The number of carboxylic acids is 1. The summed E-state index contributed by atoms with van der Waals surface area (Å²) in [5.41, 5.74) is 7.79. The molecule has 6 nitrogen and oxygen atoms in total. The average molecular weight is 287 g/mol. The molecule has 1 atom stereocenters. The predicted octanol–water partition coefficient (Wildman–Crippen LogP) is 0.380. The Hall–Kier alpha value is -1.44. The number of nitrogens with two attached hydrogens (primary N) is 1. The van der Waals surface area contributed by atoms with E-state index in [9.17, 15) is 13.2 Å². The summed E-state index contributed by atoms with van der Waals surface area (Å²) in [4.78, 5) is 10.8. The van der Waals surface area contributed by atoms with Crippen LogP contribution in [0.15, 0.2) is 18.2 Å². The Morgan fingerprint density at radius 2 is 2.00 bits per heavy atom. The highest BCUT2D eigenvalue weighted by Gasteiger charge is 2.15. The van der Waals surface area contributed by atoms with Crippen molar-refractivity contribution in [2.75, 3.05) is 5.75 Å². The van der Waals surface area contributed by atoms with E-state index in [1.54, 1.807) is 18.2 Å². The molecule has 0 fully saturated rings. The van der Waals surface area contributed by atoms with Crippen molar-refractivity contribution in [3.63, 3.8) is 0 Å². The molecule has 0 amide bonds. The highest BCUT2D eigenvalue weighted by Crippen LogP contribution is 2.15. The molecule has 0 aliphatic heterocycles. The monoisotopic (exact) mass is 287 g/mol. The molecule has 0 aliphatic carbocycles. The number of carboxylic acid groups (broad SMARTS) is 1. The topological polar surface area (TPSA) is 118 Å². The molecule has 7 heteroatoms. The molecular weight excluding hydrogens is 270 g/mol. The van der Waals surface area contributed by atoms with E-state index in [4.69, 9.17) is 15.4 Å². The van der Waals surface area contributed by atoms with Gasteiger partial charge < -0.3 is 10.8 Å². The largest absolute Gasteiger partial charge is 0.480 e. The molecule has 0 unspecified atom stereocenters. The Morgan fingerprint density at radius 3 is 2.53 bits per heavy atom. The Labute approximate surface area is 112 Å². The van der Waals surface area contributed by atoms with E-state index in [0.717, 1.165) is 5.56 Å². The minimum absolute atomic E-state index is 0.123. The lowest BCUT2D eigenvalue weighted by atomic mass is 9.97. The molecule has 0 saturated carbocycles. The van der Waals surface area contributed by atoms with Crippen LogP contribution in [0, 0.1) is 6.92 Å². The van der Waals surface area contributed by atoms with Crippen molar-refractivity contribution >= 4 is 16.1 Å². The van der Waals surface area contributed by atoms with Crippen LogP contribution in [0.2, 0.25) is 0 Å². The molecule has 0 aliphatic rings. The van der Waals surface area contributed by atoms with E-state index in [0.29, 0.717) is 11.1 Å². The van der Waals surface area contributed by atoms with Gasteiger partial charge in [-0.1, -0.05) is 23.8 Å². The summed E-state index contributed by atoms with van der Waals surface area (Å²) in [5, 5.41) is 8.80. The number of carbonyl (C=O) groups is 1. The minimum atomic E-state index is -4.04. The van der Waals surface area contributed by atoms with Gasteiger partial charge >= 0.3 is 5.97 Å². The quantitative estimate of drug-likeness (QED) is 0.651. The van der Waals surface area contributed by atoms with Crippen molar-refractivity contribution in [3.05, 3.63) is 34.9 Å². The smallest absolute Gasteiger partial charge is 0.320 e. The average Bonchev–Trinajstić information content (AvgIpc) is 2.26. The normalized spacial score (nSPS) is 13.2. The number of hydrogen-bond acceptors (Lipinski definition) is 4. The first-order valence-electron chi connectivity index (χ1n) is 5.71. The fraction of sp³-hybridized carbons (Fsp3) is 0.417. The van der Waals surface area contributed by atoms with Gasteiger partial charge in [-0.15, -0.1) is 0 Å². The lowest BCUT2D eigenvalue weighted by Gasteiger charge is -2.12. The standard InChI is InChI=1S/C12H17NO5S/c1-8-2-3-9(4-5-19(16,17)18)10(6-8)7-11(13)12(14)15/h2-3,6,11H,4-5,7,13H2,1H3,(H,14,15)(H,16,17,18)/t11-/m0/s1. The molecule has 19 heavy (non-hydrogen) atoms. The summed E-state index contributed by atoms with van der Waals surface area (Å²) in [6.07, 6.45) is 0.249. The number of benzene rings is 1. The van der Waals surface area contributed by atoms with Crippen LogP contribution < -0.4 is 5.73 Å². The van der Waals surface area contributed by atoms with Crippen LogP contribution in [0.3, 0.4) is 0 Å². The third kappa shape index (κ3) is 5.37. The highest BCUT2D eigenvalue weighted by molar-refractivity contribution is 7.85. The lowest BCUT2D eigenvalue weighted by Crippen LogP contribution is -2.32. The molecule has 4 N–H and O–H groups in total. The van der Waals surface area contributed by atoms with Crippen molar-refractivity contribution in [1.82, 2.24) is 0 Å². The van der Waals surface area contributed by atoms with Gasteiger partial charge in [-0.05, 0) is 30.9 Å². The zero-order chi connectivity index (χ0) is 14.6. The summed E-state index contributed by atoms with van der Waals surface area (Å²) in [5.74, 6) is -1.51. The van der Waals surface area contributed by atoms with Crippen molar-refractivity contribution in [1.29, 1.82) is 0 Å². The Kier molecular flexibility index (Phi) is 5.04. The summed E-state index contributed by atoms with van der Waals surface area (Å²) >= 11 is 0. The third-order valence-electron chi connectivity index (χ3n) is 2.75. The van der Waals surface area contributed by atoms with Gasteiger partial charge in [-0.25, -0.2) is 0 Å². The van der Waals surface area contributed by atoms with E-state index in [1.165, 1.54) is 0 Å². The number of aryl methyl sites for hydroxylation is 2. The summed E-state index contributed by atoms with van der Waals surface area (Å²) < 4.78 is 30.2. The molecule has 0 spiro atoms. The van der Waals surface area contributed by atoms with Crippen LogP contribution in [0.5, 0.6) is 0 Å². The van der Waals surface area contributed by atoms with Gasteiger partial charge in [0.15, 0.2) is 0 Å². The van der Waals surface area contributed by atoms with Gasteiger partial charge in [0.25, 0.3) is 10.1 Å². The van der Waals surface area contributed by atoms with Crippen LogP contribution in [0.1, 0.15) is 16.7 Å². The summed E-state index contributed by atoms with van der Waals surface area (Å²) in [6.45, 7) is 1.85.